The summed E-state index contributed by atoms with van der Waals surface area (Å²) in [4.78, 5) is 18.2. The van der Waals surface area contributed by atoms with Crippen molar-refractivity contribution in [3.63, 3.8) is 0 Å². The van der Waals surface area contributed by atoms with Crippen LogP contribution in [0.1, 0.15) is 28.9 Å². The van der Waals surface area contributed by atoms with Gasteiger partial charge in [-0.1, -0.05) is 54.2 Å². The Hall–Kier alpha value is -3.14. The molecule has 0 radical (unpaired) electrons. The van der Waals surface area contributed by atoms with Crippen LogP contribution in [0.4, 0.5) is 5.69 Å². The molecular weight excluding hydrogens is 468 g/mol. The lowest BCUT2D eigenvalue weighted by molar-refractivity contribution is -0.115. The van der Waals surface area contributed by atoms with Crippen molar-refractivity contribution in [3.05, 3.63) is 83.4 Å². The monoisotopic (exact) mass is 494 g/mol. The second-order valence-corrected chi connectivity index (χ2v) is 10.7. The Morgan fingerprint density at radius 3 is 2.50 bits per heavy atom. The van der Waals surface area contributed by atoms with E-state index < -0.39 is 15.3 Å². The van der Waals surface area contributed by atoms with E-state index in [0.717, 1.165) is 27.9 Å². The zero-order valence-electron chi connectivity index (χ0n) is 19.1. The number of thioether (sulfide) groups is 1. The van der Waals surface area contributed by atoms with Crippen LogP contribution in [0.2, 0.25) is 0 Å². The maximum absolute atomic E-state index is 13.5. The van der Waals surface area contributed by atoms with Crippen LogP contribution in [0.25, 0.3) is 11.0 Å². The number of primary sulfonamides is 1. The number of carbonyl (C=O) groups excluding carboxylic acids is 1. The molecule has 3 aromatic carbocycles. The van der Waals surface area contributed by atoms with Gasteiger partial charge in [-0.3, -0.25) is 4.79 Å². The summed E-state index contributed by atoms with van der Waals surface area (Å²) in [7, 11) is -3.85. The molecule has 0 aliphatic carbocycles. The van der Waals surface area contributed by atoms with Gasteiger partial charge in [0.05, 0.1) is 15.9 Å². The quantitative estimate of drug-likeness (QED) is 0.359. The maximum atomic E-state index is 13.5. The number of imidazole rings is 1. The molecule has 0 unspecified atom stereocenters. The van der Waals surface area contributed by atoms with Gasteiger partial charge in [0.25, 0.3) is 0 Å². The fraction of sp³-hybridized carbons (Fsp3) is 0.200. The van der Waals surface area contributed by atoms with Crippen molar-refractivity contribution in [3.8, 4) is 0 Å². The summed E-state index contributed by atoms with van der Waals surface area (Å²) in [5, 5.41) is 8.43. The number of anilines is 1. The third-order valence-corrected chi connectivity index (χ3v) is 7.70. The summed E-state index contributed by atoms with van der Waals surface area (Å²) in [6.07, 6.45) is 0. The van der Waals surface area contributed by atoms with Gasteiger partial charge in [-0.2, -0.15) is 0 Å². The van der Waals surface area contributed by atoms with Gasteiger partial charge in [-0.25, -0.2) is 18.5 Å². The van der Waals surface area contributed by atoms with E-state index in [4.69, 9.17) is 5.14 Å². The molecule has 3 N–H and O–H groups in total. The Bertz CT molecular complexity index is 1460. The zero-order valence-corrected chi connectivity index (χ0v) is 20.8. The minimum absolute atomic E-state index is 0.00424. The van der Waals surface area contributed by atoms with E-state index in [1.165, 1.54) is 23.9 Å². The lowest BCUT2D eigenvalue weighted by Crippen LogP contribution is -2.20. The molecule has 0 fully saturated rings. The lowest BCUT2D eigenvalue weighted by atomic mass is 10.1. The fourth-order valence-electron chi connectivity index (χ4n) is 3.74. The first kappa shape index (κ1) is 24.0. The smallest absolute Gasteiger partial charge is 0.242 e. The number of amides is 1. The van der Waals surface area contributed by atoms with Crippen LogP contribution in [-0.4, -0.2) is 23.9 Å². The Kier molecular flexibility index (Phi) is 6.79. The number of benzene rings is 3. The molecule has 1 aromatic heterocycles. The van der Waals surface area contributed by atoms with Crippen LogP contribution in [-0.2, 0) is 21.4 Å². The van der Waals surface area contributed by atoms with Gasteiger partial charge >= 0.3 is 0 Å². The lowest BCUT2D eigenvalue weighted by Gasteiger charge is -2.18. The van der Waals surface area contributed by atoms with E-state index in [1.807, 2.05) is 73.9 Å². The number of nitrogens with two attached hydrogens (primary N) is 1. The summed E-state index contributed by atoms with van der Waals surface area (Å²) < 4.78 is 25.6. The Labute approximate surface area is 203 Å². The topological polar surface area (TPSA) is 107 Å². The molecule has 176 valence electrons. The van der Waals surface area contributed by atoms with Gasteiger partial charge in [0.1, 0.15) is 5.25 Å². The van der Waals surface area contributed by atoms with Gasteiger partial charge in [0.2, 0.25) is 15.9 Å². The van der Waals surface area contributed by atoms with E-state index >= 15 is 0 Å². The summed E-state index contributed by atoms with van der Waals surface area (Å²) in [5.41, 5.74) is 4.94. The molecule has 1 atom stereocenters. The SMILES string of the molecule is CCn1c(S[C@@H](C(=O)Nc2cc(C)ccc2C)c2ccccc2)nc2cc(S(N)(=O)=O)ccc21. The number of hydrogen-bond donors (Lipinski definition) is 2. The highest BCUT2D eigenvalue weighted by molar-refractivity contribution is 8.00. The third kappa shape index (κ3) is 5.01. The van der Waals surface area contributed by atoms with E-state index in [1.54, 1.807) is 6.07 Å². The number of hydrogen-bond acceptors (Lipinski definition) is 5. The summed E-state index contributed by atoms with van der Waals surface area (Å²) in [5.74, 6) is -0.162. The molecule has 0 spiro atoms. The van der Waals surface area contributed by atoms with E-state index in [0.29, 0.717) is 17.2 Å². The number of rotatable bonds is 7. The fourth-order valence-corrected chi connectivity index (χ4v) is 5.44. The Morgan fingerprint density at radius 1 is 1.09 bits per heavy atom. The number of nitrogens with zero attached hydrogens (tertiary/aromatic N) is 2. The van der Waals surface area contributed by atoms with Gasteiger partial charge in [-0.05, 0) is 61.7 Å². The molecule has 7 nitrogen and oxygen atoms in total. The van der Waals surface area contributed by atoms with Gasteiger partial charge in [-0.15, -0.1) is 0 Å². The zero-order chi connectivity index (χ0) is 24.5. The number of nitrogens with one attached hydrogen (secondary N) is 1. The van der Waals surface area contributed by atoms with Crippen molar-refractivity contribution in [1.29, 1.82) is 0 Å². The Balaban J connectivity index is 1.74. The van der Waals surface area contributed by atoms with Crippen LogP contribution in [0, 0.1) is 13.8 Å². The van der Waals surface area contributed by atoms with Crippen molar-refractivity contribution in [2.75, 3.05) is 5.32 Å². The van der Waals surface area contributed by atoms with Crippen LogP contribution in [0.15, 0.2) is 76.8 Å². The first-order chi connectivity index (χ1) is 16.2. The van der Waals surface area contributed by atoms with Crippen LogP contribution < -0.4 is 10.5 Å². The van der Waals surface area contributed by atoms with Crippen molar-refractivity contribution in [2.24, 2.45) is 5.14 Å². The molecule has 0 saturated carbocycles. The number of aryl methyl sites for hydroxylation is 3. The van der Waals surface area contributed by atoms with Crippen LogP contribution in [0.3, 0.4) is 0 Å². The van der Waals surface area contributed by atoms with Gasteiger partial charge in [0, 0.05) is 12.2 Å². The van der Waals surface area contributed by atoms with Crippen molar-refractivity contribution in [2.45, 2.75) is 42.6 Å². The van der Waals surface area contributed by atoms with Crippen LogP contribution >= 0.6 is 11.8 Å². The predicted molar refractivity (Wildman–Crippen MR) is 136 cm³/mol. The van der Waals surface area contributed by atoms with Crippen molar-refractivity contribution in [1.82, 2.24) is 9.55 Å². The molecule has 0 aliphatic rings. The average molecular weight is 495 g/mol. The molecule has 4 rings (SSSR count). The minimum Gasteiger partial charge on any atom is -0.325 e. The highest BCUT2D eigenvalue weighted by Crippen LogP contribution is 2.38. The predicted octanol–water partition coefficient (Wildman–Crippen LogP) is 4.79. The maximum Gasteiger partial charge on any atom is 0.242 e. The van der Waals surface area contributed by atoms with E-state index in [-0.39, 0.29) is 10.8 Å². The largest absolute Gasteiger partial charge is 0.325 e. The van der Waals surface area contributed by atoms with Gasteiger partial charge < -0.3 is 9.88 Å². The average Bonchev–Trinajstić information content (AvgIpc) is 3.16. The molecule has 0 saturated heterocycles. The Morgan fingerprint density at radius 2 is 1.82 bits per heavy atom. The summed E-state index contributed by atoms with van der Waals surface area (Å²) >= 11 is 1.33. The molecule has 1 amide bonds. The normalized spacial score (nSPS) is 12.6. The molecule has 9 heteroatoms. The minimum atomic E-state index is -3.85. The molecule has 34 heavy (non-hydrogen) atoms. The van der Waals surface area contributed by atoms with Crippen LogP contribution in [0.5, 0.6) is 0 Å². The first-order valence-electron chi connectivity index (χ1n) is 10.8. The number of fused-ring (bicyclic) bond motifs is 1. The van der Waals surface area contributed by atoms with Crippen molar-refractivity contribution < 1.29 is 13.2 Å². The standard InChI is InChI=1S/C25H26N4O3S2/c1-4-29-22-13-12-19(34(26,31)32)15-21(22)28-25(29)33-23(18-8-6-5-7-9-18)24(30)27-20-14-16(2)10-11-17(20)3/h5-15,23H,4H2,1-3H3,(H,27,30)(H2,26,31,32)/t23-/m1/s1. The summed E-state index contributed by atoms with van der Waals surface area (Å²) in [6.45, 7) is 6.53. The molecule has 1 heterocycles. The van der Waals surface area contributed by atoms with E-state index in [9.17, 15) is 13.2 Å². The molecule has 4 aromatic rings. The molecular formula is C25H26N4O3S2. The number of aromatic nitrogens is 2. The second kappa shape index (κ2) is 9.61. The second-order valence-electron chi connectivity index (χ2n) is 8.05. The van der Waals surface area contributed by atoms with Crippen molar-refractivity contribution >= 4 is 44.4 Å². The van der Waals surface area contributed by atoms with E-state index in [2.05, 4.69) is 10.3 Å². The number of carbonyl (C=O) groups is 1. The summed E-state index contributed by atoms with van der Waals surface area (Å²) in [6, 6.07) is 20.1. The highest BCUT2D eigenvalue weighted by atomic mass is 32.2. The third-order valence-electron chi connectivity index (χ3n) is 5.54. The van der Waals surface area contributed by atoms with Gasteiger partial charge in [0.15, 0.2) is 5.16 Å². The number of sulfonamides is 1. The highest BCUT2D eigenvalue weighted by Gasteiger charge is 2.26. The molecule has 0 bridgehead atoms. The first-order valence-corrected chi connectivity index (χ1v) is 13.2. The molecule has 0 aliphatic heterocycles.